The Balaban J connectivity index is 1.79. The highest BCUT2D eigenvalue weighted by Crippen LogP contribution is 2.23. The first-order valence-corrected chi connectivity index (χ1v) is 7.43. The van der Waals surface area contributed by atoms with Gasteiger partial charge in [0.25, 0.3) is 0 Å². The molecule has 1 aromatic heterocycles. The zero-order valence-corrected chi connectivity index (χ0v) is 12.9. The molecule has 0 radical (unpaired) electrons. The molecule has 0 spiro atoms. The molecule has 4 heteroatoms. The number of benzene rings is 2. The molecule has 0 amide bonds. The number of nitrogens with one attached hydrogen (secondary N) is 1. The summed E-state index contributed by atoms with van der Waals surface area (Å²) in [7, 11) is 1.98. The lowest BCUT2D eigenvalue weighted by Crippen LogP contribution is -2.19. The SMILES string of the molecule is C[C@@H](NCc1nn(C)c2ccccc12)c1ccccc1Cl. The van der Waals surface area contributed by atoms with E-state index in [2.05, 4.69) is 35.5 Å². The third-order valence-corrected chi connectivity index (χ3v) is 4.13. The Bertz CT molecular complexity index is 764. The standard InChI is InChI=1S/C17H18ClN3/c1-12(13-7-3-5-9-15(13)18)19-11-16-14-8-4-6-10-17(14)21(2)20-16/h3-10,12,19H,11H2,1-2H3/t12-/m1/s1. The first-order chi connectivity index (χ1) is 10.2. The molecule has 0 aliphatic rings. The van der Waals surface area contributed by atoms with E-state index in [1.807, 2.05) is 42.1 Å². The third kappa shape index (κ3) is 2.80. The van der Waals surface area contributed by atoms with Gasteiger partial charge in [0.15, 0.2) is 0 Å². The van der Waals surface area contributed by atoms with Gasteiger partial charge in [0.1, 0.15) is 0 Å². The molecule has 0 saturated heterocycles. The molecule has 0 unspecified atom stereocenters. The lowest BCUT2D eigenvalue weighted by atomic mass is 10.1. The van der Waals surface area contributed by atoms with Crippen molar-refractivity contribution in [3.05, 3.63) is 64.8 Å². The second-order valence-electron chi connectivity index (χ2n) is 5.21. The molecule has 0 aliphatic carbocycles. The molecule has 0 fully saturated rings. The number of hydrogen-bond acceptors (Lipinski definition) is 2. The lowest BCUT2D eigenvalue weighted by Gasteiger charge is -2.14. The highest BCUT2D eigenvalue weighted by Gasteiger charge is 2.11. The van der Waals surface area contributed by atoms with Gasteiger partial charge in [0.05, 0.1) is 11.2 Å². The Morgan fingerprint density at radius 2 is 1.86 bits per heavy atom. The average molecular weight is 300 g/mol. The Labute approximate surface area is 129 Å². The summed E-state index contributed by atoms with van der Waals surface area (Å²) >= 11 is 6.24. The summed E-state index contributed by atoms with van der Waals surface area (Å²) in [5, 5.41) is 10.1. The van der Waals surface area contributed by atoms with Gasteiger partial charge >= 0.3 is 0 Å². The van der Waals surface area contributed by atoms with Gasteiger partial charge in [-0.2, -0.15) is 5.10 Å². The predicted octanol–water partition coefficient (Wildman–Crippen LogP) is 4.08. The summed E-state index contributed by atoms with van der Waals surface area (Å²) in [5.41, 5.74) is 3.33. The van der Waals surface area contributed by atoms with Crippen LogP contribution < -0.4 is 5.32 Å². The van der Waals surface area contributed by atoms with Crippen LogP contribution >= 0.6 is 11.6 Å². The molecule has 1 atom stereocenters. The maximum Gasteiger partial charge on any atom is 0.0841 e. The van der Waals surface area contributed by atoms with E-state index < -0.39 is 0 Å². The van der Waals surface area contributed by atoms with Gasteiger partial charge in [0.2, 0.25) is 0 Å². The van der Waals surface area contributed by atoms with Crippen LogP contribution in [0.1, 0.15) is 24.2 Å². The van der Waals surface area contributed by atoms with Crippen molar-refractivity contribution in [2.75, 3.05) is 0 Å². The van der Waals surface area contributed by atoms with E-state index in [9.17, 15) is 0 Å². The van der Waals surface area contributed by atoms with E-state index >= 15 is 0 Å². The first-order valence-electron chi connectivity index (χ1n) is 7.05. The van der Waals surface area contributed by atoms with Crippen LogP contribution in [0.4, 0.5) is 0 Å². The van der Waals surface area contributed by atoms with Crippen LogP contribution in [0.2, 0.25) is 5.02 Å². The number of fused-ring (bicyclic) bond motifs is 1. The normalized spacial score (nSPS) is 12.7. The molecular formula is C17H18ClN3. The van der Waals surface area contributed by atoms with Crippen molar-refractivity contribution in [1.82, 2.24) is 15.1 Å². The van der Waals surface area contributed by atoms with Crippen LogP contribution in [0, 0.1) is 0 Å². The quantitative estimate of drug-likeness (QED) is 0.787. The van der Waals surface area contributed by atoms with Crippen molar-refractivity contribution in [3.63, 3.8) is 0 Å². The van der Waals surface area contributed by atoms with Crippen LogP contribution in [-0.4, -0.2) is 9.78 Å². The Kier molecular flexibility index (Phi) is 3.95. The number of rotatable bonds is 4. The van der Waals surface area contributed by atoms with E-state index in [-0.39, 0.29) is 6.04 Å². The van der Waals surface area contributed by atoms with Crippen molar-refractivity contribution in [2.24, 2.45) is 7.05 Å². The van der Waals surface area contributed by atoms with Gasteiger partial charge in [0, 0.05) is 30.0 Å². The monoisotopic (exact) mass is 299 g/mol. The summed E-state index contributed by atoms with van der Waals surface area (Å²) in [4.78, 5) is 0. The van der Waals surface area contributed by atoms with Crippen LogP contribution in [0.15, 0.2) is 48.5 Å². The molecule has 1 N–H and O–H groups in total. The number of aryl methyl sites for hydroxylation is 1. The predicted molar refractivity (Wildman–Crippen MR) is 87.4 cm³/mol. The number of hydrogen-bond donors (Lipinski definition) is 1. The van der Waals surface area contributed by atoms with Crippen molar-refractivity contribution < 1.29 is 0 Å². The lowest BCUT2D eigenvalue weighted by molar-refractivity contribution is 0.564. The second kappa shape index (κ2) is 5.88. The molecule has 108 valence electrons. The van der Waals surface area contributed by atoms with E-state index in [0.29, 0.717) is 6.54 Å². The number of halogens is 1. The topological polar surface area (TPSA) is 29.9 Å². The average Bonchev–Trinajstić information content (AvgIpc) is 2.82. The second-order valence-corrected chi connectivity index (χ2v) is 5.62. The van der Waals surface area contributed by atoms with Gasteiger partial charge in [-0.15, -0.1) is 0 Å². The van der Waals surface area contributed by atoms with E-state index in [1.54, 1.807) is 0 Å². The fourth-order valence-corrected chi connectivity index (χ4v) is 2.90. The Morgan fingerprint density at radius 1 is 1.14 bits per heavy atom. The van der Waals surface area contributed by atoms with E-state index in [0.717, 1.165) is 21.8 Å². The van der Waals surface area contributed by atoms with Gasteiger partial charge < -0.3 is 5.32 Å². The van der Waals surface area contributed by atoms with Crippen LogP contribution in [-0.2, 0) is 13.6 Å². The minimum absolute atomic E-state index is 0.180. The summed E-state index contributed by atoms with van der Waals surface area (Å²) in [5.74, 6) is 0. The van der Waals surface area contributed by atoms with Crippen molar-refractivity contribution in [2.45, 2.75) is 19.5 Å². The highest BCUT2D eigenvalue weighted by atomic mass is 35.5. The molecular weight excluding hydrogens is 282 g/mol. The molecule has 1 heterocycles. The van der Waals surface area contributed by atoms with Crippen molar-refractivity contribution in [3.8, 4) is 0 Å². The zero-order valence-electron chi connectivity index (χ0n) is 12.2. The van der Waals surface area contributed by atoms with Gasteiger partial charge in [-0.05, 0) is 24.6 Å². The highest BCUT2D eigenvalue weighted by molar-refractivity contribution is 6.31. The van der Waals surface area contributed by atoms with Crippen LogP contribution in [0.25, 0.3) is 10.9 Å². The zero-order chi connectivity index (χ0) is 14.8. The van der Waals surface area contributed by atoms with Gasteiger partial charge in [-0.25, -0.2) is 0 Å². The largest absolute Gasteiger partial charge is 0.304 e. The molecule has 21 heavy (non-hydrogen) atoms. The maximum absolute atomic E-state index is 6.24. The Morgan fingerprint density at radius 3 is 2.67 bits per heavy atom. The minimum Gasteiger partial charge on any atom is -0.304 e. The fourth-order valence-electron chi connectivity index (χ4n) is 2.61. The first kappa shape index (κ1) is 14.1. The summed E-state index contributed by atoms with van der Waals surface area (Å²) in [6, 6.07) is 16.4. The summed E-state index contributed by atoms with van der Waals surface area (Å²) in [6.07, 6.45) is 0. The third-order valence-electron chi connectivity index (χ3n) is 3.78. The molecule has 3 rings (SSSR count). The van der Waals surface area contributed by atoms with E-state index in [1.165, 1.54) is 5.39 Å². The molecule has 3 aromatic rings. The van der Waals surface area contributed by atoms with Gasteiger partial charge in [-0.1, -0.05) is 48.0 Å². The minimum atomic E-state index is 0.180. The number of nitrogens with zero attached hydrogens (tertiary/aromatic N) is 2. The molecule has 0 bridgehead atoms. The molecule has 2 aromatic carbocycles. The molecule has 0 aliphatic heterocycles. The van der Waals surface area contributed by atoms with Crippen LogP contribution in [0.5, 0.6) is 0 Å². The van der Waals surface area contributed by atoms with Gasteiger partial charge in [-0.3, -0.25) is 4.68 Å². The molecule has 3 nitrogen and oxygen atoms in total. The number of para-hydroxylation sites is 1. The summed E-state index contributed by atoms with van der Waals surface area (Å²) in [6.45, 7) is 2.83. The van der Waals surface area contributed by atoms with Crippen LogP contribution in [0.3, 0.4) is 0 Å². The maximum atomic E-state index is 6.24. The number of aromatic nitrogens is 2. The van der Waals surface area contributed by atoms with Crippen molar-refractivity contribution >= 4 is 22.5 Å². The Hall–Kier alpha value is -1.84. The van der Waals surface area contributed by atoms with E-state index in [4.69, 9.17) is 11.6 Å². The summed E-state index contributed by atoms with van der Waals surface area (Å²) < 4.78 is 1.92. The molecule has 0 saturated carbocycles. The smallest absolute Gasteiger partial charge is 0.0841 e. The van der Waals surface area contributed by atoms with Crippen molar-refractivity contribution in [1.29, 1.82) is 0 Å². The fraction of sp³-hybridized carbons (Fsp3) is 0.235.